The van der Waals surface area contributed by atoms with Gasteiger partial charge in [0.2, 0.25) is 0 Å². The molecule has 98 valence electrons. The molecular weight excluding hydrogens is 262 g/mol. The van der Waals surface area contributed by atoms with Gasteiger partial charge in [-0.2, -0.15) is 0 Å². The lowest BCUT2D eigenvalue weighted by atomic mass is 10.0. The maximum Gasteiger partial charge on any atom is 0.200 e. The van der Waals surface area contributed by atoms with Gasteiger partial charge in [-0.15, -0.1) is 0 Å². The number of Topliss-reactive ketones (excluding diaryl/α,β-unsaturated/α-hetero) is 1. The maximum atomic E-state index is 12.1. The standard InChI is InChI=1S/C15H14ClNO2/c1-10-3-4-11(2)14(5-10)15(18)9-19-13-6-12(16)7-17-8-13/h3-8H,9H2,1-2H3. The Balaban J connectivity index is 2.07. The van der Waals surface area contributed by atoms with Gasteiger partial charge in [-0.3, -0.25) is 9.78 Å². The SMILES string of the molecule is Cc1ccc(C)c(C(=O)COc2cncc(Cl)c2)c1. The Bertz CT molecular complexity index is 611. The molecule has 0 N–H and O–H groups in total. The molecule has 0 fully saturated rings. The number of nitrogens with zero attached hydrogens (tertiary/aromatic N) is 1. The van der Waals surface area contributed by atoms with Crippen LogP contribution in [0.25, 0.3) is 0 Å². The van der Waals surface area contributed by atoms with Crippen LogP contribution >= 0.6 is 11.6 Å². The number of aryl methyl sites for hydroxylation is 2. The van der Waals surface area contributed by atoms with Crippen molar-refractivity contribution in [3.8, 4) is 5.75 Å². The topological polar surface area (TPSA) is 39.2 Å². The van der Waals surface area contributed by atoms with E-state index in [1.165, 1.54) is 12.4 Å². The molecule has 0 aliphatic heterocycles. The molecule has 0 spiro atoms. The molecule has 0 atom stereocenters. The predicted molar refractivity (Wildman–Crippen MR) is 75.0 cm³/mol. The van der Waals surface area contributed by atoms with Crippen molar-refractivity contribution in [2.24, 2.45) is 0 Å². The number of ketones is 1. The first-order valence-electron chi connectivity index (χ1n) is 5.90. The molecule has 0 saturated carbocycles. The Morgan fingerprint density at radius 1 is 1.26 bits per heavy atom. The highest BCUT2D eigenvalue weighted by Gasteiger charge is 2.10. The normalized spacial score (nSPS) is 10.3. The summed E-state index contributed by atoms with van der Waals surface area (Å²) in [6.45, 7) is 3.85. The van der Waals surface area contributed by atoms with Gasteiger partial charge in [-0.05, 0) is 25.5 Å². The number of rotatable bonds is 4. The van der Waals surface area contributed by atoms with Gasteiger partial charge in [0.15, 0.2) is 12.4 Å². The van der Waals surface area contributed by atoms with E-state index in [1.807, 2.05) is 32.0 Å². The zero-order valence-electron chi connectivity index (χ0n) is 10.8. The number of hydrogen-bond acceptors (Lipinski definition) is 3. The molecule has 0 bridgehead atoms. The zero-order valence-corrected chi connectivity index (χ0v) is 11.6. The molecule has 0 unspecified atom stereocenters. The Labute approximate surface area is 117 Å². The summed E-state index contributed by atoms with van der Waals surface area (Å²) in [5, 5.41) is 0.483. The molecule has 2 rings (SSSR count). The zero-order chi connectivity index (χ0) is 13.8. The Hall–Kier alpha value is -1.87. The highest BCUT2D eigenvalue weighted by molar-refractivity contribution is 6.30. The summed E-state index contributed by atoms with van der Waals surface area (Å²) in [4.78, 5) is 16.0. The lowest BCUT2D eigenvalue weighted by Crippen LogP contribution is -2.13. The number of aromatic nitrogens is 1. The van der Waals surface area contributed by atoms with Crippen LogP contribution in [0.2, 0.25) is 5.02 Å². The van der Waals surface area contributed by atoms with Crippen LogP contribution in [0.1, 0.15) is 21.5 Å². The van der Waals surface area contributed by atoms with E-state index in [9.17, 15) is 4.79 Å². The summed E-state index contributed by atoms with van der Waals surface area (Å²) in [5.41, 5.74) is 2.69. The molecule has 1 heterocycles. The molecule has 3 nitrogen and oxygen atoms in total. The second-order valence-electron chi connectivity index (χ2n) is 4.37. The highest BCUT2D eigenvalue weighted by atomic mass is 35.5. The van der Waals surface area contributed by atoms with Crippen molar-refractivity contribution in [2.45, 2.75) is 13.8 Å². The van der Waals surface area contributed by atoms with Gasteiger partial charge in [-0.25, -0.2) is 0 Å². The lowest BCUT2D eigenvalue weighted by Gasteiger charge is -2.08. The van der Waals surface area contributed by atoms with E-state index in [4.69, 9.17) is 16.3 Å². The minimum absolute atomic E-state index is 0.0215. The highest BCUT2D eigenvalue weighted by Crippen LogP contribution is 2.16. The van der Waals surface area contributed by atoms with Crippen LogP contribution in [-0.2, 0) is 0 Å². The van der Waals surface area contributed by atoms with Crippen LogP contribution < -0.4 is 4.74 Å². The van der Waals surface area contributed by atoms with Crippen molar-refractivity contribution >= 4 is 17.4 Å². The minimum atomic E-state index is -0.0545. The van der Waals surface area contributed by atoms with Gasteiger partial charge < -0.3 is 4.74 Å². The Kier molecular flexibility index (Phi) is 4.17. The first kappa shape index (κ1) is 13.6. The smallest absolute Gasteiger partial charge is 0.200 e. The van der Waals surface area contributed by atoms with E-state index in [-0.39, 0.29) is 12.4 Å². The molecule has 2 aromatic rings. The number of ether oxygens (including phenoxy) is 1. The van der Waals surface area contributed by atoms with Crippen molar-refractivity contribution in [2.75, 3.05) is 6.61 Å². The molecule has 1 aromatic carbocycles. The van der Waals surface area contributed by atoms with E-state index in [0.717, 1.165) is 11.1 Å². The number of pyridine rings is 1. The fourth-order valence-corrected chi connectivity index (χ4v) is 1.90. The number of carbonyl (C=O) groups is 1. The number of benzene rings is 1. The van der Waals surface area contributed by atoms with Crippen molar-refractivity contribution < 1.29 is 9.53 Å². The summed E-state index contributed by atoms with van der Waals surface area (Å²) in [6.07, 6.45) is 3.04. The van der Waals surface area contributed by atoms with Gasteiger partial charge in [0.25, 0.3) is 0 Å². The molecule has 1 aromatic heterocycles. The fraction of sp³-hybridized carbons (Fsp3) is 0.200. The molecule has 4 heteroatoms. The van der Waals surface area contributed by atoms with Gasteiger partial charge >= 0.3 is 0 Å². The second kappa shape index (κ2) is 5.85. The molecule has 0 aliphatic carbocycles. The maximum absolute atomic E-state index is 12.1. The van der Waals surface area contributed by atoms with Gasteiger partial charge in [0.1, 0.15) is 5.75 Å². The monoisotopic (exact) mass is 275 g/mol. The summed E-state index contributed by atoms with van der Waals surface area (Å²) in [5.74, 6) is 0.437. The van der Waals surface area contributed by atoms with Crippen molar-refractivity contribution in [1.29, 1.82) is 0 Å². The van der Waals surface area contributed by atoms with Crippen LogP contribution in [-0.4, -0.2) is 17.4 Å². The average molecular weight is 276 g/mol. The van der Waals surface area contributed by atoms with Gasteiger partial charge in [0, 0.05) is 17.8 Å². The van der Waals surface area contributed by atoms with E-state index in [0.29, 0.717) is 16.3 Å². The van der Waals surface area contributed by atoms with E-state index >= 15 is 0 Å². The fourth-order valence-electron chi connectivity index (χ4n) is 1.73. The predicted octanol–water partition coefficient (Wildman–Crippen LogP) is 3.61. The molecule has 0 saturated heterocycles. The Morgan fingerprint density at radius 2 is 2.05 bits per heavy atom. The largest absolute Gasteiger partial charge is 0.484 e. The minimum Gasteiger partial charge on any atom is -0.484 e. The van der Waals surface area contributed by atoms with E-state index in [1.54, 1.807) is 6.07 Å². The first-order chi connectivity index (χ1) is 9.06. The quantitative estimate of drug-likeness (QED) is 0.800. The third-order valence-electron chi connectivity index (χ3n) is 2.74. The van der Waals surface area contributed by atoms with Crippen molar-refractivity contribution in [3.05, 3.63) is 58.4 Å². The lowest BCUT2D eigenvalue weighted by molar-refractivity contribution is 0.0920. The second-order valence-corrected chi connectivity index (χ2v) is 4.81. The summed E-state index contributed by atoms with van der Waals surface area (Å²) >= 11 is 5.80. The Morgan fingerprint density at radius 3 is 2.79 bits per heavy atom. The van der Waals surface area contributed by atoms with Crippen LogP contribution in [0.15, 0.2) is 36.7 Å². The van der Waals surface area contributed by atoms with E-state index in [2.05, 4.69) is 4.98 Å². The van der Waals surface area contributed by atoms with Gasteiger partial charge in [-0.1, -0.05) is 29.3 Å². The van der Waals surface area contributed by atoms with Crippen molar-refractivity contribution in [1.82, 2.24) is 4.98 Å². The average Bonchev–Trinajstić information content (AvgIpc) is 2.39. The van der Waals surface area contributed by atoms with Crippen LogP contribution in [0.3, 0.4) is 0 Å². The van der Waals surface area contributed by atoms with Crippen molar-refractivity contribution in [3.63, 3.8) is 0 Å². The molecule has 0 aliphatic rings. The van der Waals surface area contributed by atoms with E-state index < -0.39 is 0 Å². The number of halogens is 1. The molecule has 0 radical (unpaired) electrons. The third kappa shape index (κ3) is 3.55. The first-order valence-corrected chi connectivity index (χ1v) is 6.28. The van der Waals surface area contributed by atoms with Gasteiger partial charge in [0.05, 0.1) is 11.2 Å². The molecule has 0 amide bonds. The van der Waals surface area contributed by atoms with Crippen LogP contribution in [0.4, 0.5) is 0 Å². The molecular formula is C15H14ClNO2. The number of hydrogen-bond donors (Lipinski definition) is 0. The summed E-state index contributed by atoms with van der Waals surface area (Å²) in [6, 6.07) is 7.42. The molecule has 19 heavy (non-hydrogen) atoms. The third-order valence-corrected chi connectivity index (χ3v) is 2.95. The van der Waals surface area contributed by atoms with Crippen LogP contribution in [0.5, 0.6) is 5.75 Å². The summed E-state index contributed by atoms with van der Waals surface area (Å²) < 4.78 is 5.40. The number of carbonyl (C=O) groups excluding carboxylic acids is 1. The summed E-state index contributed by atoms with van der Waals surface area (Å²) in [7, 11) is 0. The van der Waals surface area contributed by atoms with Crippen LogP contribution in [0, 0.1) is 13.8 Å².